The molecule has 1 aromatic rings. The summed E-state index contributed by atoms with van der Waals surface area (Å²) in [6, 6.07) is 1.45. The lowest BCUT2D eigenvalue weighted by molar-refractivity contribution is 0.0997. The van der Waals surface area contributed by atoms with E-state index in [2.05, 4.69) is 47.8 Å². The van der Waals surface area contributed by atoms with Crippen LogP contribution >= 0.6 is 47.8 Å². The smallest absolute Gasteiger partial charge is 0.252 e. The highest BCUT2D eigenvalue weighted by molar-refractivity contribution is 9.14. The molecule has 13 heavy (non-hydrogen) atoms. The molecule has 1 rings (SSSR count). The van der Waals surface area contributed by atoms with Crippen molar-refractivity contribution in [1.29, 1.82) is 0 Å². The predicted molar refractivity (Wildman–Crippen MR) is 59.7 cm³/mol. The SMILES string of the molecule is NC(=O)c1cc(Br)c(Br)c(Br)c1O. The number of carbonyl (C=O) groups excluding carboxylic acids is 1. The summed E-state index contributed by atoms with van der Waals surface area (Å²) >= 11 is 9.53. The molecule has 0 fully saturated rings. The first-order chi connectivity index (χ1) is 5.95. The average molecular weight is 374 g/mol. The number of nitrogens with two attached hydrogens (primary N) is 1. The molecule has 70 valence electrons. The fourth-order valence-corrected chi connectivity index (χ4v) is 2.20. The van der Waals surface area contributed by atoms with Crippen molar-refractivity contribution in [1.82, 2.24) is 0 Å². The molecule has 1 amide bonds. The summed E-state index contributed by atoms with van der Waals surface area (Å²) in [4.78, 5) is 10.8. The minimum Gasteiger partial charge on any atom is -0.506 e. The molecule has 1 aromatic carbocycles. The van der Waals surface area contributed by atoms with E-state index in [9.17, 15) is 9.90 Å². The van der Waals surface area contributed by atoms with Crippen LogP contribution in [0.3, 0.4) is 0 Å². The fraction of sp³-hybridized carbons (Fsp3) is 0. The molecular formula is C7H4Br3NO2. The van der Waals surface area contributed by atoms with Gasteiger partial charge in [-0.3, -0.25) is 4.79 Å². The van der Waals surface area contributed by atoms with E-state index in [0.29, 0.717) is 13.4 Å². The minimum atomic E-state index is -0.675. The van der Waals surface area contributed by atoms with Crippen molar-refractivity contribution in [2.45, 2.75) is 0 Å². The van der Waals surface area contributed by atoms with Crippen LogP contribution in [-0.2, 0) is 0 Å². The molecule has 0 spiro atoms. The Bertz CT molecular complexity index is 378. The van der Waals surface area contributed by atoms with E-state index in [1.165, 1.54) is 6.07 Å². The second-order valence-electron chi connectivity index (χ2n) is 2.25. The highest BCUT2D eigenvalue weighted by atomic mass is 79.9. The average Bonchev–Trinajstić information content (AvgIpc) is 2.07. The summed E-state index contributed by atoms with van der Waals surface area (Å²) in [7, 11) is 0. The monoisotopic (exact) mass is 371 g/mol. The third-order valence-electron chi connectivity index (χ3n) is 1.40. The Balaban J connectivity index is 3.50. The molecule has 0 bridgehead atoms. The zero-order chi connectivity index (χ0) is 10.2. The number of rotatable bonds is 1. The van der Waals surface area contributed by atoms with Crippen molar-refractivity contribution in [3.8, 4) is 5.75 Å². The third-order valence-corrected chi connectivity index (χ3v) is 4.69. The number of hydrogen-bond donors (Lipinski definition) is 2. The highest BCUT2D eigenvalue weighted by Crippen LogP contribution is 2.39. The summed E-state index contributed by atoms with van der Waals surface area (Å²) in [5, 5.41) is 9.47. The quantitative estimate of drug-likeness (QED) is 0.743. The van der Waals surface area contributed by atoms with Crippen LogP contribution in [0.1, 0.15) is 10.4 Å². The summed E-state index contributed by atoms with van der Waals surface area (Å²) < 4.78 is 1.68. The molecule has 0 unspecified atom stereocenters. The number of aromatic hydroxyl groups is 1. The van der Waals surface area contributed by atoms with Gasteiger partial charge in [-0.25, -0.2) is 0 Å². The van der Waals surface area contributed by atoms with Crippen LogP contribution in [0.15, 0.2) is 19.5 Å². The van der Waals surface area contributed by atoms with Gasteiger partial charge in [0.15, 0.2) is 0 Å². The van der Waals surface area contributed by atoms with Crippen molar-refractivity contribution >= 4 is 53.7 Å². The molecule has 0 aliphatic rings. The van der Waals surface area contributed by atoms with E-state index in [4.69, 9.17) is 5.73 Å². The maximum absolute atomic E-state index is 10.8. The topological polar surface area (TPSA) is 63.3 Å². The van der Waals surface area contributed by atoms with Crippen molar-refractivity contribution in [3.63, 3.8) is 0 Å². The number of halogens is 3. The molecule has 3 nitrogen and oxygen atoms in total. The normalized spacial score (nSPS) is 10.1. The van der Waals surface area contributed by atoms with Gasteiger partial charge in [-0.05, 0) is 53.9 Å². The number of hydrogen-bond acceptors (Lipinski definition) is 2. The van der Waals surface area contributed by atoms with Gasteiger partial charge in [0.25, 0.3) is 5.91 Å². The molecule has 6 heteroatoms. The molecule has 0 radical (unpaired) electrons. The van der Waals surface area contributed by atoms with Gasteiger partial charge in [-0.2, -0.15) is 0 Å². The van der Waals surface area contributed by atoms with Crippen LogP contribution in [0, 0.1) is 0 Å². The number of amides is 1. The van der Waals surface area contributed by atoms with Crippen LogP contribution in [0.2, 0.25) is 0 Å². The van der Waals surface area contributed by atoms with Gasteiger partial charge in [0.05, 0.1) is 10.0 Å². The van der Waals surface area contributed by atoms with E-state index in [1.54, 1.807) is 0 Å². The first-order valence-electron chi connectivity index (χ1n) is 3.11. The fourth-order valence-electron chi connectivity index (χ4n) is 0.773. The maximum atomic E-state index is 10.8. The first kappa shape index (κ1) is 11.0. The van der Waals surface area contributed by atoms with E-state index in [-0.39, 0.29) is 11.3 Å². The molecular weight excluding hydrogens is 370 g/mol. The number of primary amides is 1. The lowest BCUT2D eigenvalue weighted by atomic mass is 10.2. The molecule has 0 saturated carbocycles. The second-order valence-corrected chi connectivity index (χ2v) is 4.69. The Morgan fingerprint density at radius 3 is 2.31 bits per heavy atom. The van der Waals surface area contributed by atoms with Crippen LogP contribution in [0.5, 0.6) is 5.75 Å². The van der Waals surface area contributed by atoms with Crippen LogP contribution < -0.4 is 5.73 Å². The molecule has 0 aliphatic carbocycles. The van der Waals surface area contributed by atoms with Crippen molar-refractivity contribution in [2.24, 2.45) is 5.73 Å². The first-order valence-corrected chi connectivity index (χ1v) is 5.49. The summed E-state index contributed by atoms with van der Waals surface area (Å²) in [5.41, 5.74) is 5.12. The maximum Gasteiger partial charge on any atom is 0.252 e. The van der Waals surface area contributed by atoms with E-state index in [0.717, 1.165) is 0 Å². The van der Waals surface area contributed by atoms with Gasteiger partial charge in [0, 0.05) is 8.95 Å². The molecule has 0 saturated heterocycles. The number of benzene rings is 1. The van der Waals surface area contributed by atoms with Gasteiger partial charge < -0.3 is 10.8 Å². The predicted octanol–water partition coefficient (Wildman–Crippen LogP) is 2.78. The van der Waals surface area contributed by atoms with E-state index in [1.807, 2.05) is 0 Å². The molecule has 0 heterocycles. The summed E-state index contributed by atoms with van der Waals surface area (Å²) in [6.45, 7) is 0. The Labute approximate surface area is 99.7 Å². The lowest BCUT2D eigenvalue weighted by Crippen LogP contribution is -2.11. The van der Waals surface area contributed by atoms with Crippen molar-refractivity contribution in [2.75, 3.05) is 0 Å². The van der Waals surface area contributed by atoms with Crippen LogP contribution in [0.4, 0.5) is 0 Å². The molecule has 0 aliphatic heterocycles. The summed E-state index contributed by atoms with van der Waals surface area (Å²) in [5.74, 6) is -0.839. The van der Waals surface area contributed by atoms with E-state index < -0.39 is 5.91 Å². The largest absolute Gasteiger partial charge is 0.506 e. The van der Waals surface area contributed by atoms with Gasteiger partial charge in [0.1, 0.15) is 5.75 Å². The lowest BCUT2D eigenvalue weighted by Gasteiger charge is -2.06. The van der Waals surface area contributed by atoms with Gasteiger partial charge in [-0.1, -0.05) is 0 Å². The Morgan fingerprint density at radius 2 is 1.85 bits per heavy atom. The third kappa shape index (κ3) is 2.05. The molecule has 0 atom stereocenters. The second kappa shape index (κ2) is 3.98. The standard InChI is InChI=1S/C7H4Br3NO2/c8-3-1-2(7(11)13)6(12)5(10)4(3)9/h1,12H,(H2,11,13). The van der Waals surface area contributed by atoms with Crippen molar-refractivity contribution < 1.29 is 9.90 Å². The number of carbonyl (C=O) groups is 1. The number of phenols is 1. The van der Waals surface area contributed by atoms with Gasteiger partial charge in [0.2, 0.25) is 0 Å². The van der Waals surface area contributed by atoms with Crippen LogP contribution in [0.25, 0.3) is 0 Å². The zero-order valence-corrected chi connectivity index (χ0v) is 10.9. The Morgan fingerprint density at radius 1 is 1.31 bits per heavy atom. The summed E-state index contributed by atoms with van der Waals surface area (Å²) in [6.07, 6.45) is 0. The Kier molecular flexibility index (Phi) is 3.37. The Hall–Kier alpha value is -0.0700. The van der Waals surface area contributed by atoms with Gasteiger partial charge >= 0.3 is 0 Å². The van der Waals surface area contributed by atoms with Crippen LogP contribution in [-0.4, -0.2) is 11.0 Å². The molecule has 3 N–H and O–H groups in total. The molecule has 0 aromatic heterocycles. The highest BCUT2D eigenvalue weighted by Gasteiger charge is 2.15. The van der Waals surface area contributed by atoms with Crippen molar-refractivity contribution in [3.05, 3.63) is 25.0 Å². The minimum absolute atomic E-state index is 0.0713. The van der Waals surface area contributed by atoms with E-state index >= 15 is 0 Å². The zero-order valence-electron chi connectivity index (χ0n) is 6.14. The van der Waals surface area contributed by atoms with Gasteiger partial charge in [-0.15, -0.1) is 0 Å².